The van der Waals surface area contributed by atoms with Crippen LogP contribution in [0.1, 0.15) is 25.3 Å². The molecule has 184 valence electrons. The van der Waals surface area contributed by atoms with Crippen LogP contribution in [0.4, 0.5) is 17.1 Å². The Hall–Kier alpha value is -4.17. The summed E-state index contributed by atoms with van der Waals surface area (Å²) in [5, 5.41) is 0. The second kappa shape index (κ2) is 10.3. The first-order valence-electron chi connectivity index (χ1n) is 13.6. The molecule has 38 heavy (non-hydrogen) atoms. The Morgan fingerprint density at radius 2 is 1.05 bits per heavy atom. The SMILES string of the molecule is Bc1ccc(-c2ccc3c(c2)Oc2cc(-c4ccc(B)cc4)ccc2N3c2ccc(CCCC)cc2)cc1. The molecule has 4 heteroatoms. The fourth-order valence-corrected chi connectivity index (χ4v) is 5.13. The van der Waals surface area contributed by atoms with Crippen molar-refractivity contribution in [2.24, 2.45) is 0 Å². The summed E-state index contributed by atoms with van der Waals surface area (Å²) in [6.45, 7) is 2.24. The van der Waals surface area contributed by atoms with E-state index in [1.807, 2.05) is 0 Å². The van der Waals surface area contributed by atoms with Gasteiger partial charge in [-0.1, -0.05) is 97.1 Å². The van der Waals surface area contributed by atoms with Gasteiger partial charge in [-0.05, 0) is 77.1 Å². The van der Waals surface area contributed by atoms with Crippen molar-refractivity contribution >= 4 is 43.7 Å². The van der Waals surface area contributed by atoms with Crippen LogP contribution in [-0.2, 0) is 6.42 Å². The number of hydrogen-bond acceptors (Lipinski definition) is 2. The molecule has 0 radical (unpaired) electrons. The van der Waals surface area contributed by atoms with Crippen molar-refractivity contribution in [3.63, 3.8) is 0 Å². The molecule has 0 bridgehead atoms. The average Bonchev–Trinajstić information content (AvgIpc) is 2.95. The topological polar surface area (TPSA) is 12.5 Å². The molecule has 2 nitrogen and oxygen atoms in total. The highest BCUT2D eigenvalue weighted by molar-refractivity contribution is 6.32. The summed E-state index contributed by atoms with van der Waals surface area (Å²) in [5.41, 5.74) is 11.8. The third-order valence-corrected chi connectivity index (χ3v) is 7.40. The number of anilines is 3. The predicted molar refractivity (Wildman–Crippen MR) is 167 cm³/mol. The first kappa shape index (κ1) is 24.2. The summed E-state index contributed by atoms with van der Waals surface area (Å²) < 4.78 is 6.64. The van der Waals surface area contributed by atoms with Gasteiger partial charge in [-0.3, -0.25) is 0 Å². The molecule has 1 heterocycles. The maximum absolute atomic E-state index is 6.64. The fraction of sp³-hybridized carbons (Fsp3) is 0.118. The van der Waals surface area contributed by atoms with Gasteiger partial charge in [-0.15, -0.1) is 0 Å². The number of unbranched alkanes of at least 4 members (excludes halogenated alkanes) is 1. The van der Waals surface area contributed by atoms with Crippen molar-refractivity contribution in [3.05, 3.63) is 115 Å². The highest BCUT2D eigenvalue weighted by atomic mass is 16.5. The van der Waals surface area contributed by atoms with Crippen LogP contribution < -0.4 is 20.6 Å². The van der Waals surface area contributed by atoms with E-state index in [0.29, 0.717) is 0 Å². The van der Waals surface area contributed by atoms with Crippen molar-refractivity contribution in [1.82, 2.24) is 0 Å². The molecular weight excluding hydrogens is 460 g/mol. The van der Waals surface area contributed by atoms with Crippen molar-refractivity contribution < 1.29 is 4.74 Å². The Bertz CT molecular complexity index is 1480. The highest BCUT2D eigenvalue weighted by Crippen LogP contribution is 2.52. The summed E-state index contributed by atoms with van der Waals surface area (Å²) in [6.07, 6.45) is 3.54. The van der Waals surface area contributed by atoms with Gasteiger partial charge in [0, 0.05) is 5.69 Å². The quantitative estimate of drug-likeness (QED) is 0.248. The smallest absolute Gasteiger partial charge is 0.152 e. The Kier molecular flexibility index (Phi) is 6.55. The first-order chi connectivity index (χ1) is 18.6. The summed E-state index contributed by atoms with van der Waals surface area (Å²) in [4.78, 5) is 2.33. The second-order valence-electron chi connectivity index (χ2n) is 10.3. The molecule has 0 saturated carbocycles. The van der Waals surface area contributed by atoms with Gasteiger partial charge < -0.3 is 9.64 Å². The molecule has 0 aromatic heterocycles. The molecule has 6 rings (SSSR count). The van der Waals surface area contributed by atoms with Crippen LogP contribution in [0.25, 0.3) is 22.3 Å². The van der Waals surface area contributed by atoms with Crippen LogP contribution in [0.2, 0.25) is 0 Å². The van der Waals surface area contributed by atoms with Gasteiger partial charge in [0.1, 0.15) is 15.7 Å². The van der Waals surface area contributed by atoms with Gasteiger partial charge >= 0.3 is 0 Å². The van der Waals surface area contributed by atoms with E-state index in [-0.39, 0.29) is 0 Å². The third-order valence-electron chi connectivity index (χ3n) is 7.40. The minimum Gasteiger partial charge on any atom is -0.453 e. The van der Waals surface area contributed by atoms with E-state index in [2.05, 4.69) is 137 Å². The molecule has 5 aromatic carbocycles. The monoisotopic (exact) mass is 491 g/mol. The van der Waals surface area contributed by atoms with Crippen molar-refractivity contribution in [3.8, 4) is 33.8 Å². The van der Waals surface area contributed by atoms with E-state index in [1.54, 1.807) is 0 Å². The zero-order chi connectivity index (χ0) is 26.1. The lowest BCUT2D eigenvalue weighted by Crippen LogP contribution is -2.16. The van der Waals surface area contributed by atoms with Crippen molar-refractivity contribution in [2.75, 3.05) is 4.90 Å². The lowest BCUT2D eigenvalue weighted by molar-refractivity contribution is 0.477. The predicted octanol–water partition coefficient (Wildman–Crippen LogP) is 6.46. The Morgan fingerprint density at radius 1 is 0.579 bits per heavy atom. The zero-order valence-electron chi connectivity index (χ0n) is 22.4. The van der Waals surface area contributed by atoms with E-state index in [0.717, 1.165) is 46.1 Å². The van der Waals surface area contributed by atoms with Crippen molar-refractivity contribution in [1.29, 1.82) is 0 Å². The van der Waals surface area contributed by atoms with Crippen molar-refractivity contribution in [2.45, 2.75) is 26.2 Å². The average molecular weight is 491 g/mol. The number of rotatable bonds is 6. The molecule has 0 atom stereocenters. The minimum atomic E-state index is 0.867. The Labute approximate surface area is 227 Å². The lowest BCUT2D eigenvalue weighted by atomic mass is 9.93. The second-order valence-corrected chi connectivity index (χ2v) is 10.3. The first-order valence-corrected chi connectivity index (χ1v) is 13.6. The lowest BCUT2D eigenvalue weighted by Gasteiger charge is -2.33. The number of nitrogens with zero attached hydrogens (tertiary/aromatic N) is 1. The van der Waals surface area contributed by atoms with Crippen LogP contribution in [-0.4, -0.2) is 15.7 Å². The highest BCUT2D eigenvalue weighted by Gasteiger charge is 2.27. The van der Waals surface area contributed by atoms with E-state index < -0.39 is 0 Å². The number of aryl methyl sites for hydroxylation is 1. The zero-order valence-corrected chi connectivity index (χ0v) is 22.4. The van der Waals surface area contributed by atoms with E-state index in [1.165, 1.54) is 40.5 Å². The van der Waals surface area contributed by atoms with Crippen LogP contribution in [0.15, 0.2) is 109 Å². The van der Waals surface area contributed by atoms with Gasteiger partial charge in [-0.2, -0.15) is 0 Å². The molecule has 1 aliphatic heterocycles. The van der Waals surface area contributed by atoms with E-state index in [4.69, 9.17) is 4.74 Å². The minimum absolute atomic E-state index is 0.867. The molecule has 0 amide bonds. The molecule has 0 spiro atoms. The third kappa shape index (κ3) is 4.75. The molecular formula is C34H31B2NO. The molecule has 0 N–H and O–H groups in total. The van der Waals surface area contributed by atoms with E-state index in [9.17, 15) is 0 Å². The number of ether oxygens (including phenoxy) is 1. The summed E-state index contributed by atoms with van der Waals surface area (Å²) >= 11 is 0. The standard InChI is InChI=1S/C34H31B2NO/c1-2-3-4-23-5-17-30(18-6-23)37-31-19-11-26(24-7-13-28(35)14-8-24)21-33(31)38-34-22-27(12-20-32(34)37)25-9-15-29(36)16-10-25/h5-22H,2-4,35-36H2,1H3. The van der Waals surface area contributed by atoms with Crippen LogP contribution in [0.3, 0.4) is 0 Å². The maximum atomic E-state index is 6.64. The molecule has 0 unspecified atom stereocenters. The maximum Gasteiger partial charge on any atom is 0.152 e. The molecule has 0 saturated heterocycles. The molecule has 1 aliphatic rings. The Morgan fingerprint density at radius 3 is 1.53 bits per heavy atom. The Balaban J connectivity index is 1.45. The normalized spacial score (nSPS) is 12.0. The number of benzene rings is 5. The van der Waals surface area contributed by atoms with Gasteiger partial charge in [0.25, 0.3) is 0 Å². The molecule has 0 aliphatic carbocycles. The summed E-state index contributed by atoms with van der Waals surface area (Å²) in [7, 11) is 4.24. The number of hydrogen-bond donors (Lipinski definition) is 0. The largest absolute Gasteiger partial charge is 0.453 e. The van der Waals surface area contributed by atoms with Crippen LogP contribution in [0.5, 0.6) is 11.5 Å². The van der Waals surface area contributed by atoms with Gasteiger partial charge in [0.15, 0.2) is 11.5 Å². The summed E-state index contributed by atoms with van der Waals surface area (Å²) in [6, 6.07) is 39.5. The van der Waals surface area contributed by atoms with E-state index >= 15 is 0 Å². The van der Waals surface area contributed by atoms with Crippen LogP contribution >= 0.6 is 0 Å². The van der Waals surface area contributed by atoms with Gasteiger partial charge in [-0.25, -0.2) is 0 Å². The fourth-order valence-electron chi connectivity index (χ4n) is 5.13. The molecule has 5 aromatic rings. The van der Waals surface area contributed by atoms with Gasteiger partial charge in [0.05, 0.1) is 11.4 Å². The molecule has 0 fully saturated rings. The van der Waals surface area contributed by atoms with Gasteiger partial charge in [0.2, 0.25) is 0 Å². The van der Waals surface area contributed by atoms with Crippen LogP contribution in [0, 0.1) is 0 Å². The summed E-state index contributed by atoms with van der Waals surface area (Å²) in [5.74, 6) is 1.73. The number of fused-ring (bicyclic) bond motifs is 2.